The molecular weight excluding hydrogens is 703 g/mol. The second kappa shape index (κ2) is 15.9. The predicted molar refractivity (Wildman–Crippen MR) is 202 cm³/mol. The molecule has 0 radical (unpaired) electrons. The molecule has 1 aliphatic carbocycles. The fourth-order valence-corrected chi connectivity index (χ4v) is 8.75. The number of benzene rings is 2. The maximum absolute atomic E-state index is 15.0. The van der Waals surface area contributed by atoms with E-state index in [0.29, 0.717) is 23.1 Å². The molecule has 5 atom stereocenters. The summed E-state index contributed by atoms with van der Waals surface area (Å²) in [6.07, 6.45) is -3.03. The lowest BCUT2D eigenvalue weighted by molar-refractivity contribution is -0.137. The molecule has 11 heteroatoms. The van der Waals surface area contributed by atoms with E-state index < -0.39 is 34.9 Å². The molecule has 6 nitrogen and oxygen atoms in total. The van der Waals surface area contributed by atoms with Crippen LogP contribution in [0.15, 0.2) is 47.8 Å². The molecule has 2 heterocycles. The lowest BCUT2D eigenvalue weighted by atomic mass is 9.72. The van der Waals surface area contributed by atoms with Gasteiger partial charge in [0.1, 0.15) is 17.1 Å². The number of halogens is 4. The lowest BCUT2D eigenvalue weighted by Crippen LogP contribution is -2.59. The first-order valence-corrected chi connectivity index (χ1v) is 19.5. The average molecular weight is 754 g/mol. The zero-order chi connectivity index (χ0) is 38.9. The van der Waals surface area contributed by atoms with Gasteiger partial charge in [0.25, 0.3) is 0 Å². The van der Waals surface area contributed by atoms with Gasteiger partial charge in [0.05, 0.1) is 21.8 Å². The number of aromatic nitrogens is 2. The molecular formula is C42H51F4N3O3S. The second-order valence-corrected chi connectivity index (χ2v) is 16.9. The Kier molecular flexibility index (Phi) is 12.1. The maximum atomic E-state index is 15.0. The summed E-state index contributed by atoms with van der Waals surface area (Å²) in [6.45, 7) is 14.2. The molecule has 0 aliphatic heterocycles. The van der Waals surface area contributed by atoms with Gasteiger partial charge in [-0.15, -0.1) is 11.3 Å². The van der Waals surface area contributed by atoms with E-state index in [0.717, 1.165) is 23.2 Å². The highest BCUT2D eigenvalue weighted by atomic mass is 32.1. The van der Waals surface area contributed by atoms with Crippen molar-refractivity contribution in [3.05, 3.63) is 86.7 Å². The van der Waals surface area contributed by atoms with E-state index in [1.807, 2.05) is 19.2 Å². The number of carbonyl (C=O) groups is 3. The molecule has 2 aromatic carbocycles. The fourth-order valence-electron chi connectivity index (χ4n) is 7.47. The summed E-state index contributed by atoms with van der Waals surface area (Å²) in [6, 6.07) is 10.1. The van der Waals surface area contributed by atoms with Gasteiger partial charge >= 0.3 is 6.18 Å². The van der Waals surface area contributed by atoms with Crippen molar-refractivity contribution in [3.8, 4) is 0 Å². The van der Waals surface area contributed by atoms with Crippen LogP contribution in [0.25, 0.3) is 10.9 Å². The average Bonchev–Trinajstić information content (AvgIpc) is 3.75. The fraction of sp³-hybridized carbons (Fsp3) is 0.524. The number of nitrogens with one attached hydrogen (secondary N) is 2. The number of para-hydroxylation sites is 1. The van der Waals surface area contributed by atoms with Gasteiger partial charge in [-0.1, -0.05) is 91.6 Å². The molecule has 0 spiro atoms. The highest BCUT2D eigenvalue weighted by molar-refractivity contribution is 7.09. The summed E-state index contributed by atoms with van der Waals surface area (Å²) >= 11 is 1.52. The number of fused-ring (bicyclic) bond motifs is 3. The van der Waals surface area contributed by atoms with Gasteiger partial charge in [0, 0.05) is 59.4 Å². The molecule has 1 aliphatic rings. The number of rotatable bonds is 14. The van der Waals surface area contributed by atoms with Crippen LogP contribution in [0.3, 0.4) is 0 Å². The molecule has 2 aromatic heterocycles. The van der Waals surface area contributed by atoms with E-state index in [1.165, 1.54) is 23.5 Å². The number of Topliss-reactive ketones (excluding diaryl/α,β-unsaturated/α-hetero) is 2. The van der Waals surface area contributed by atoms with Crippen molar-refractivity contribution in [2.75, 3.05) is 0 Å². The Morgan fingerprint density at radius 3 is 2.30 bits per heavy atom. The number of aromatic amines is 1. The maximum Gasteiger partial charge on any atom is 0.418 e. The number of H-pyrrole nitrogens is 1. The third kappa shape index (κ3) is 8.76. The van der Waals surface area contributed by atoms with Crippen LogP contribution in [0.5, 0.6) is 0 Å². The Hall–Kier alpha value is -3.86. The molecule has 1 amide bonds. The number of aryl methyl sites for hydroxylation is 1. The number of carbonyl (C=O) groups excluding carboxylic acids is 3. The minimum Gasteiger partial charge on any atom is -0.358 e. The van der Waals surface area contributed by atoms with Gasteiger partial charge in [-0.3, -0.25) is 14.4 Å². The normalized spacial score (nSPS) is 18.6. The number of nitrogens with zero attached hydrogens (tertiary/aromatic N) is 1. The second-order valence-electron chi connectivity index (χ2n) is 16.0. The quantitative estimate of drug-likeness (QED) is 0.126. The van der Waals surface area contributed by atoms with Gasteiger partial charge in [0.15, 0.2) is 5.78 Å². The van der Waals surface area contributed by atoms with Gasteiger partial charge in [-0.05, 0) is 47.9 Å². The van der Waals surface area contributed by atoms with Crippen molar-refractivity contribution in [2.45, 2.75) is 123 Å². The summed E-state index contributed by atoms with van der Waals surface area (Å²) in [5, 5.41) is 6.38. The van der Waals surface area contributed by atoms with Crippen LogP contribution >= 0.6 is 11.3 Å². The first-order valence-electron chi connectivity index (χ1n) is 18.6. The van der Waals surface area contributed by atoms with Crippen LogP contribution in [0.4, 0.5) is 17.6 Å². The van der Waals surface area contributed by atoms with E-state index >= 15 is 0 Å². The van der Waals surface area contributed by atoms with Crippen molar-refractivity contribution in [1.82, 2.24) is 15.3 Å². The van der Waals surface area contributed by atoms with Crippen molar-refractivity contribution >= 4 is 39.7 Å². The van der Waals surface area contributed by atoms with E-state index in [-0.39, 0.29) is 84.3 Å². The van der Waals surface area contributed by atoms with Crippen LogP contribution in [-0.2, 0) is 45.2 Å². The smallest absolute Gasteiger partial charge is 0.358 e. The number of alkyl halides is 3. The summed E-state index contributed by atoms with van der Waals surface area (Å²) in [4.78, 5) is 50.8. The number of thiazole rings is 1. The first-order chi connectivity index (χ1) is 24.9. The van der Waals surface area contributed by atoms with Crippen LogP contribution in [0.1, 0.15) is 120 Å². The molecule has 286 valence electrons. The molecule has 0 fully saturated rings. The molecule has 0 bridgehead atoms. The highest BCUT2D eigenvalue weighted by Crippen LogP contribution is 2.43. The van der Waals surface area contributed by atoms with Crippen LogP contribution < -0.4 is 5.32 Å². The van der Waals surface area contributed by atoms with Crippen LogP contribution in [-0.4, -0.2) is 33.0 Å². The SMILES string of the molecule is CC[C@H](C)[C@H](CC(=O)Cc1ccccc1F)C(=O)N[C@]1(C(=O)C[C@H](c2nc(C(C)(C)C)cs2)[C@@H](C)CC)CCc2[nH]c3c(C(F)(F)F)cccc3c2C1. The Labute approximate surface area is 313 Å². The van der Waals surface area contributed by atoms with E-state index in [2.05, 4.69) is 44.9 Å². The predicted octanol–water partition coefficient (Wildman–Crippen LogP) is 10.1. The van der Waals surface area contributed by atoms with Crippen LogP contribution in [0, 0.1) is 23.6 Å². The largest absolute Gasteiger partial charge is 0.418 e. The number of hydrogen-bond donors (Lipinski definition) is 2. The van der Waals surface area contributed by atoms with E-state index in [9.17, 15) is 31.9 Å². The molecule has 0 unspecified atom stereocenters. The minimum absolute atomic E-state index is 0.00293. The van der Waals surface area contributed by atoms with Gasteiger partial charge in [0.2, 0.25) is 5.91 Å². The standard InChI is InChI=1S/C42H51F4N3O3S/c1-8-24(3)29(20-27(50)19-26-13-10-11-16-33(26)43)38(52)49-41(36(51)21-30(25(4)9-2)39-48-35(23-53-39)40(5,6)7)18-17-34-31(22-41)28-14-12-15-32(37(28)47-34)42(44,45)46/h10-16,23-25,29-30,47H,8-9,17-22H2,1-7H3,(H,49,52)/t24-,25-,29-,30-,41+/m0/s1. The Morgan fingerprint density at radius 1 is 0.981 bits per heavy atom. The van der Waals surface area contributed by atoms with E-state index in [4.69, 9.17) is 4.98 Å². The first kappa shape index (κ1) is 40.3. The zero-order valence-corrected chi connectivity index (χ0v) is 32.5. The Bertz CT molecular complexity index is 1960. The molecule has 2 N–H and O–H groups in total. The third-order valence-electron chi connectivity index (χ3n) is 11.3. The molecule has 5 rings (SSSR count). The number of hydrogen-bond acceptors (Lipinski definition) is 5. The minimum atomic E-state index is -4.59. The van der Waals surface area contributed by atoms with Gasteiger partial charge in [-0.25, -0.2) is 9.37 Å². The number of amides is 1. The molecule has 0 saturated carbocycles. The van der Waals surface area contributed by atoms with Crippen molar-refractivity contribution < 1.29 is 31.9 Å². The van der Waals surface area contributed by atoms with E-state index in [1.54, 1.807) is 24.3 Å². The Morgan fingerprint density at radius 2 is 1.68 bits per heavy atom. The topological polar surface area (TPSA) is 91.9 Å². The van der Waals surface area contributed by atoms with Crippen molar-refractivity contribution in [2.24, 2.45) is 17.8 Å². The molecule has 4 aromatic rings. The summed E-state index contributed by atoms with van der Waals surface area (Å²) in [7, 11) is 0. The number of ketones is 2. The lowest BCUT2D eigenvalue weighted by Gasteiger charge is -2.39. The van der Waals surface area contributed by atoms with Gasteiger partial charge < -0.3 is 10.3 Å². The summed E-state index contributed by atoms with van der Waals surface area (Å²) in [5.74, 6) is -2.67. The zero-order valence-electron chi connectivity index (χ0n) is 31.7. The van der Waals surface area contributed by atoms with Gasteiger partial charge in [-0.2, -0.15) is 13.2 Å². The van der Waals surface area contributed by atoms with Crippen molar-refractivity contribution in [1.29, 1.82) is 0 Å². The monoisotopic (exact) mass is 753 g/mol. The molecule has 0 saturated heterocycles. The highest BCUT2D eigenvalue weighted by Gasteiger charge is 2.47. The third-order valence-corrected chi connectivity index (χ3v) is 12.3. The summed E-state index contributed by atoms with van der Waals surface area (Å²) in [5.41, 5.74) is -0.0860. The van der Waals surface area contributed by atoms with Crippen LogP contribution in [0.2, 0.25) is 0 Å². The Balaban J connectivity index is 1.54. The van der Waals surface area contributed by atoms with Crippen molar-refractivity contribution in [3.63, 3.8) is 0 Å². The summed E-state index contributed by atoms with van der Waals surface area (Å²) < 4.78 is 56.8. The molecule has 53 heavy (non-hydrogen) atoms.